The van der Waals surface area contributed by atoms with Crippen LogP contribution in [-0.4, -0.2) is 86.8 Å². The Morgan fingerprint density at radius 1 is 1.30 bits per heavy atom. The van der Waals surface area contributed by atoms with E-state index in [1.165, 1.54) is 28.3 Å². The van der Waals surface area contributed by atoms with Gasteiger partial charge in [0.15, 0.2) is 10.8 Å². The number of allylic oxidation sites excluding steroid dienone is 1. The average molecular weight is 527 g/mol. The van der Waals surface area contributed by atoms with Gasteiger partial charge in [-0.05, 0) is 19.4 Å². The first-order valence-corrected chi connectivity index (χ1v) is 12.8. The highest BCUT2D eigenvalue weighted by molar-refractivity contribution is 7.12. The topological polar surface area (TPSA) is 137 Å². The SMILES string of the molecule is CCCN(/C(C)=C\CNC(=O)C1CN(c2ncc3c(=O)c(C(=O)O)cn(-c4nccs4)c3n2)C1)N(C)C. The normalized spacial score (nSPS) is 14.2. The van der Waals surface area contributed by atoms with Crippen LogP contribution in [0.1, 0.15) is 30.6 Å². The van der Waals surface area contributed by atoms with Crippen LogP contribution in [0.3, 0.4) is 0 Å². The molecule has 0 radical (unpaired) electrons. The molecule has 37 heavy (non-hydrogen) atoms. The molecule has 0 atom stereocenters. The molecule has 3 aromatic heterocycles. The molecule has 0 aliphatic carbocycles. The number of hydrogen-bond acceptors (Lipinski definition) is 10. The standard InChI is InChI=1S/C24H30N8O4S/c1-5-9-32(29(3)4)15(2)6-7-25-21(34)16-12-30(13-16)23-27-11-17-19(33)18(22(35)36)14-31(20(17)28-23)24-26-8-10-37-24/h6,8,10-11,14,16H,5,7,9,12-13H2,1-4H3,(H,25,34)(H,35,36)/b15-6-. The van der Waals surface area contributed by atoms with Gasteiger partial charge < -0.3 is 20.3 Å². The van der Waals surface area contributed by atoms with E-state index in [2.05, 4.69) is 32.2 Å². The minimum atomic E-state index is -1.33. The van der Waals surface area contributed by atoms with Crippen LogP contribution in [0.2, 0.25) is 0 Å². The molecule has 3 aromatic rings. The van der Waals surface area contributed by atoms with Crippen molar-refractivity contribution in [3.8, 4) is 5.13 Å². The Kier molecular flexibility index (Phi) is 7.83. The number of aromatic carboxylic acids is 1. The second-order valence-corrected chi connectivity index (χ2v) is 9.80. The predicted molar refractivity (Wildman–Crippen MR) is 141 cm³/mol. The molecule has 1 amide bonds. The van der Waals surface area contributed by atoms with Crippen molar-refractivity contribution in [1.29, 1.82) is 0 Å². The highest BCUT2D eigenvalue weighted by Crippen LogP contribution is 2.24. The van der Waals surface area contributed by atoms with Gasteiger partial charge >= 0.3 is 5.97 Å². The monoisotopic (exact) mass is 526 g/mol. The van der Waals surface area contributed by atoms with Crippen LogP contribution in [0.5, 0.6) is 0 Å². The van der Waals surface area contributed by atoms with Crippen LogP contribution in [0.15, 0.2) is 40.5 Å². The summed E-state index contributed by atoms with van der Waals surface area (Å²) < 4.78 is 1.49. The van der Waals surface area contributed by atoms with Gasteiger partial charge in [0.1, 0.15) is 5.56 Å². The molecule has 0 bridgehead atoms. The number of fused-ring (bicyclic) bond motifs is 1. The Morgan fingerprint density at radius 2 is 2.05 bits per heavy atom. The molecular weight excluding hydrogens is 496 g/mol. The van der Waals surface area contributed by atoms with Crippen molar-refractivity contribution < 1.29 is 14.7 Å². The molecule has 196 valence electrons. The number of thiazole rings is 1. The quantitative estimate of drug-likeness (QED) is 0.375. The Bertz CT molecular complexity index is 1380. The number of pyridine rings is 1. The summed E-state index contributed by atoms with van der Waals surface area (Å²) in [5.74, 6) is -1.22. The lowest BCUT2D eigenvalue weighted by molar-refractivity contribution is -0.125. The van der Waals surface area contributed by atoms with E-state index in [-0.39, 0.29) is 28.4 Å². The fourth-order valence-electron chi connectivity index (χ4n) is 4.15. The first-order valence-electron chi connectivity index (χ1n) is 11.9. The van der Waals surface area contributed by atoms with Gasteiger partial charge in [0.05, 0.1) is 11.3 Å². The third kappa shape index (κ3) is 5.47. The lowest BCUT2D eigenvalue weighted by Crippen LogP contribution is -2.54. The number of carbonyl (C=O) groups is 2. The van der Waals surface area contributed by atoms with Gasteiger partial charge in [0.25, 0.3) is 0 Å². The zero-order valence-corrected chi connectivity index (χ0v) is 22.0. The summed E-state index contributed by atoms with van der Waals surface area (Å²) in [6.45, 7) is 6.37. The van der Waals surface area contributed by atoms with Gasteiger partial charge in [0.2, 0.25) is 17.3 Å². The number of amides is 1. The van der Waals surface area contributed by atoms with Crippen molar-refractivity contribution in [1.82, 2.24) is 34.9 Å². The molecule has 13 heteroatoms. The van der Waals surface area contributed by atoms with Crippen LogP contribution < -0.4 is 15.6 Å². The Morgan fingerprint density at radius 3 is 2.68 bits per heavy atom. The maximum absolute atomic E-state index is 12.7. The number of carboxylic acids is 1. The number of aromatic nitrogens is 4. The van der Waals surface area contributed by atoms with Crippen molar-refractivity contribution >= 4 is 40.2 Å². The van der Waals surface area contributed by atoms with Crippen molar-refractivity contribution in [2.75, 3.05) is 45.2 Å². The number of carboxylic acid groups (broad SMARTS) is 1. The van der Waals surface area contributed by atoms with Gasteiger partial charge in [-0.15, -0.1) is 11.3 Å². The van der Waals surface area contributed by atoms with Gasteiger partial charge in [-0.3, -0.25) is 14.2 Å². The van der Waals surface area contributed by atoms with E-state index in [4.69, 9.17) is 0 Å². The smallest absolute Gasteiger partial charge is 0.341 e. The molecule has 1 fully saturated rings. The van der Waals surface area contributed by atoms with E-state index < -0.39 is 11.4 Å². The van der Waals surface area contributed by atoms with E-state index in [0.29, 0.717) is 30.7 Å². The van der Waals surface area contributed by atoms with E-state index in [1.807, 2.05) is 37.0 Å². The van der Waals surface area contributed by atoms with E-state index in [1.54, 1.807) is 11.6 Å². The number of hydrazine groups is 1. The van der Waals surface area contributed by atoms with Crippen molar-refractivity contribution in [2.24, 2.45) is 5.92 Å². The highest BCUT2D eigenvalue weighted by Gasteiger charge is 2.34. The fourth-order valence-corrected chi connectivity index (χ4v) is 4.77. The lowest BCUT2D eigenvalue weighted by Gasteiger charge is -2.38. The number of nitrogens with one attached hydrogen (secondary N) is 1. The summed E-state index contributed by atoms with van der Waals surface area (Å²) in [7, 11) is 3.98. The highest BCUT2D eigenvalue weighted by atomic mass is 32.1. The van der Waals surface area contributed by atoms with E-state index in [0.717, 1.165) is 18.7 Å². The first-order chi connectivity index (χ1) is 17.7. The number of carbonyl (C=O) groups excluding carboxylic acids is 1. The molecule has 4 rings (SSSR count). The van der Waals surface area contributed by atoms with Crippen molar-refractivity contribution in [3.63, 3.8) is 0 Å². The maximum atomic E-state index is 12.7. The van der Waals surface area contributed by atoms with Gasteiger partial charge in [-0.25, -0.2) is 19.8 Å². The Labute approximate surface area is 217 Å². The largest absolute Gasteiger partial charge is 0.477 e. The van der Waals surface area contributed by atoms with Crippen LogP contribution in [-0.2, 0) is 4.79 Å². The van der Waals surface area contributed by atoms with Crippen LogP contribution >= 0.6 is 11.3 Å². The molecule has 1 saturated heterocycles. The van der Waals surface area contributed by atoms with E-state index >= 15 is 0 Å². The molecule has 1 aliphatic rings. The second-order valence-electron chi connectivity index (χ2n) is 8.93. The van der Waals surface area contributed by atoms with Crippen molar-refractivity contribution in [3.05, 3.63) is 51.5 Å². The van der Waals surface area contributed by atoms with Crippen molar-refractivity contribution in [2.45, 2.75) is 20.3 Å². The van der Waals surface area contributed by atoms with Gasteiger partial charge in [-0.2, -0.15) is 4.98 Å². The molecule has 0 unspecified atom stereocenters. The number of anilines is 1. The fraction of sp³-hybridized carbons (Fsp3) is 0.417. The molecule has 4 heterocycles. The zero-order valence-electron chi connectivity index (χ0n) is 21.2. The van der Waals surface area contributed by atoms with Gasteiger partial charge in [-0.1, -0.05) is 6.92 Å². The maximum Gasteiger partial charge on any atom is 0.341 e. The molecule has 0 saturated carbocycles. The summed E-state index contributed by atoms with van der Waals surface area (Å²) >= 11 is 1.29. The summed E-state index contributed by atoms with van der Waals surface area (Å²) in [6, 6.07) is 0. The first kappa shape index (κ1) is 26.2. The minimum absolute atomic E-state index is 0.0428. The zero-order chi connectivity index (χ0) is 26.7. The number of hydrogen-bond donors (Lipinski definition) is 2. The molecule has 2 N–H and O–H groups in total. The predicted octanol–water partition coefficient (Wildman–Crippen LogP) is 1.58. The summed E-state index contributed by atoms with van der Waals surface area (Å²) in [6.07, 6.45) is 7.18. The lowest BCUT2D eigenvalue weighted by atomic mass is 10.00. The summed E-state index contributed by atoms with van der Waals surface area (Å²) in [4.78, 5) is 51.8. The number of rotatable bonds is 10. The molecule has 0 aromatic carbocycles. The van der Waals surface area contributed by atoms with E-state index in [9.17, 15) is 19.5 Å². The third-order valence-corrected chi connectivity index (χ3v) is 6.89. The van der Waals surface area contributed by atoms with Crippen LogP contribution in [0.4, 0.5) is 5.95 Å². The molecular formula is C24H30N8O4S. The Balaban J connectivity index is 1.46. The van der Waals surface area contributed by atoms with Crippen LogP contribution in [0, 0.1) is 5.92 Å². The molecule has 0 spiro atoms. The average Bonchev–Trinajstić information content (AvgIpc) is 3.36. The summed E-state index contributed by atoms with van der Waals surface area (Å²) in [5, 5.41) is 18.9. The van der Waals surface area contributed by atoms with Crippen LogP contribution in [0.25, 0.3) is 16.2 Å². The molecule has 12 nitrogen and oxygen atoms in total. The third-order valence-electron chi connectivity index (χ3n) is 6.12. The molecule has 1 aliphatic heterocycles. The van der Waals surface area contributed by atoms with Gasteiger partial charge in [0, 0.05) is 69.9 Å². The second kappa shape index (κ2) is 11.0. The number of nitrogens with zero attached hydrogens (tertiary/aromatic N) is 7. The minimum Gasteiger partial charge on any atom is -0.477 e. The summed E-state index contributed by atoms with van der Waals surface area (Å²) in [5.41, 5.74) is 0.301. The Hall–Kier alpha value is -3.84.